The van der Waals surface area contributed by atoms with Crippen molar-refractivity contribution in [1.82, 2.24) is 4.57 Å². The largest absolute Gasteiger partial charge is 0.479 e. The molecule has 0 aliphatic carbocycles. The Labute approximate surface area is 195 Å². The Morgan fingerprint density at radius 3 is 2.61 bits per heavy atom. The van der Waals surface area contributed by atoms with E-state index in [2.05, 4.69) is 11.1 Å². The third-order valence-electron chi connectivity index (χ3n) is 6.14. The SMILES string of the molecule is CC1C(O)C(SC2=Nc3ccc(-c4ccc(C#N)n4C)cc3C(C)(C)O2)OC(C(=O)O)C1O. The number of aliphatic hydroxyl groups excluding tert-OH is 2. The van der Waals surface area contributed by atoms with E-state index in [-0.39, 0.29) is 5.23 Å². The summed E-state index contributed by atoms with van der Waals surface area (Å²) < 4.78 is 13.4. The van der Waals surface area contributed by atoms with Gasteiger partial charge in [0, 0.05) is 24.2 Å². The first-order valence-electron chi connectivity index (χ1n) is 10.4. The van der Waals surface area contributed by atoms with Gasteiger partial charge in [-0.05, 0) is 55.4 Å². The number of rotatable bonds is 3. The van der Waals surface area contributed by atoms with Gasteiger partial charge in [0.15, 0.2) is 6.10 Å². The minimum Gasteiger partial charge on any atom is -0.479 e. The van der Waals surface area contributed by atoms with Gasteiger partial charge >= 0.3 is 5.97 Å². The van der Waals surface area contributed by atoms with Crippen LogP contribution in [0.4, 0.5) is 5.69 Å². The standard InChI is InChI=1S/C23H25N3O6S/c1-11-17(27)19(20(29)30)31-21(18(11)28)33-22-25-15-7-5-12(9-14(15)23(2,3)32-22)16-8-6-13(10-24)26(16)4/h5-9,11,17-19,21,27-28H,1-4H3,(H,29,30). The van der Waals surface area contributed by atoms with Crippen molar-refractivity contribution in [3.63, 3.8) is 0 Å². The van der Waals surface area contributed by atoms with Crippen LogP contribution in [0.3, 0.4) is 0 Å². The topological polar surface area (TPSA) is 137 Å². The molecule has 2 aliphatic heterocycles. The Bertz CT molecular complexity index is 1170. The third-order valence-corrected chi connectivity index (χ3v) is 7.14. The summed E-state index contributed by atoms with van der Waals surface area (Å²) in [5, 5.41) is 39.5. The molecule has 5 unspecified atom stereocenters. The zero-order valence-corrected chi connectivity index (χ0v) is 19.4. The van der Waals surface area contributed by atoms with E-state index >= 15 is 0 Å². The second-order valence-corrected chi connectivity index (χ2v) is 9.77. The lowest BCUT2D eigenvalue weighted by Gasteiger charge is -2.40. The van der Waals surface area contributed by atoms with Crippen molar-refractivity contribution in [2.24, 2.45) is 18.0 Å². The molecule has 2 aliphatic rings. The van der Waals surface area contributed by atoms with E-state index in [9.17, 15) is 25.4 Å². The minimum absolute atomic E-state index is 0.239. The summed E-state index contributed by atoms with van der Waals surface area (Å²) in [5.74, 6) is -2.00. The number of benzene rings is 1. The van der Waals surface area contributed by atoms with Gasteiger partial charge in [0.05, 0.1) is 17.9 Å². The van der Waals surface area contributed by atoms with Crippen LogP contribution in [0, 0.1) is 17.2 Å². The maximum Gasteiger partial charge on any atom is 0.335 e. The Morgan fingerprint density at radius 2 is 1.97 bits per heavy atom. The van der Waals surface area contributed by atoms with Gasteiger partial charge in [-0.15, -0.1) is 0 Å². The molecule has 0 bridgehead atoms. The maximum atomic E-state index is 11.5. The van der Waals surface area contributed by atoms with E-state index in [1.54, 1.807) is 13.0 Å². The van der Waals surface area contributed by atoms with E-state index in [0.717, 1.165) is 28.6 Å². The fourth-order valence-corrected chi connectivity index (χ4v) is 5.23. The molecular weight excluding hydrogens is 446 g/mol. The molecule has 1 fully saturated rings. The highest BCUT2D eigenvalue weighted by Crippen LogP contribution is 2.43. The highest BCUT2D eigenvalue weighted by Gasteiger charge is 2.47. The molecule has 1 aromatic heterocycles. The van der Waals surface area contributed by atoms with Crippen LogP contribution in [0.15, 0.2) is 35.3 Å². The number of nitriles is 1. The molecule has 2 aromatic rings. The highest BCUT2D eigenvalue weighted by molar-refractivity contribution is 8.14. The summed E-state index contributed by atoms with van der Waals surface area (Å²) in [5.41, 5.74) is 2.16. The normalized spacial score (nSPS) is 28.3. The number of hydrogen-bond acceptors (Lipinski definition) is 8. The molecule has 10 heteroatoms. The smallest absolute Gasteiger partial charge is 0.335 e. The van der Waals surface area contributed by atoms with Crippen LogP contribution in [0.5, 0.6) is 0 Å². The van der Waals surface area contributed by atoms with Gasteiger partial charge < -0.3 is 29.4 Å². The Balaban J connectivity index is 1.63. The summed E-state index contributed by atoms with van der Waals surface area (Å²) in [7, 11) is 1.83. The Morgan fingerprint density at radius 1 is 1.24 bits per heavy atom. The molecule has 0 radical (unpaired) electrons. The summed E-state index contributed by atoms with van der Waals surface area (Å²) in [4.78, 5) is 16.0. The average molecular weight is 472 g/mol. The van der Waals surface area contributed by atoms with Crippen molar-refractivity contribution < 1.29 is 29.6 Å². The zero-order valence-electron chi connectivity index (χ0n) is 18.6. The van der Waals surface area contributed by atoms with Crippen LogP contribution in [0.2, 0.25) is 0 Å². The molecule has 33 heavy (non-hydrogen) atoms. The number of aromatic nitrogens is 1. The lowest BCUT2D eigenvalue weighted by Crippen LogP contribution is -2.55. The average Bonchev–Trinajstić information content (AvgIpc) is 3.13. The van der Waals surface area contributed by atoms with Crippen LogP contribution in [-0.4, -0.2) is 54.8 Å². The number of carboxylic acid groups (broad SMARTS) is 1. The zero-order chi connectivity index (χ0) is 24.1. The first kappa shape index (κ1) is 23.3. The molecular formula is C23H25N3O6S. The number of aliphatic imine (C=N–C) groups is 1. The van der Waals surface area contributed by atoms with Gasteiger partial charge in [0.25, 0.3) is 5.23 Å². The van der Waals surface area contributed by atoms with Gasteiger partial charge in [-0.3, -0.25) is 0 Å². The number of thioether (sulfide) groups is 1. The molecule has 174 valence electrons. The summed E-state index contributed by atoms with van der Waals surface area (Å²) in [6, 6.07) is 11.6. The molecule has 9 nitrogen and oxygen atoms in total. The number of hydrogen-bond donors (Lipinski definition) is 3. The lowest BCUT2D eigenvalue weighted by atomic mass is 9.91. The molecule has 4 rings (SSSR count). The van der Waals surface area contributed by atoms with E-state index in [0.29, 0.717) is 11.4 Å². The monoisotopic (exact) mass is 471 g/mol. The summed E-state index contributed by atoms with van der Waals surface area (Å²) in [6.07, 6.45) is -3.87. The second-order valence-electron chi connectivity index (χ2n) is 8.72. The van der Waals surface area contributed by atoms with Gasteiger partial charge in [-0.2, -0.15) is 5.26 Å². The molecule has 0 spiro atoms. The van der Waals surface area contributed by atoms with E-state index in [1.807, 2.05) is 49.7 Å². The van der Waals surface area contributed by atoms with E-state index < -0.39 is 41.2 Å². The Hall–Kier alpha value is -2.84. The highest BCUT2D eigenvalue weighted by atomic mass is 32.2. The van der Waals surface area contributed by atoms with Gasteiger partial charge in [0.1, 0.15) is 22.8 Å². The van der Waals surface area contributed by atoms with Crippen molar-refractivity contribution in [3.8, 4) is 17.3 Å². The van der Waals surface area contributed by atoms with Crippen molar-refractivity contribution in [2.45, 2.75) is 50.1 Å². The second kappa shape index (κ2) is 8.50. The molecule has 3 heterocycles. The van der Waals surface area contributed by atoms with E-state index in [1.165, 1.54) is 0 Å². The van der Waals surface area contributed by atoms with Crippen LogP contribution in [-0.2, 0) is 26.9 Å². The number of nitrogens with zero attached hydrogens (tertiary/aromatic N) is 3. The van der Waals surface area contributed by atoms with Crippen molar-refractivity contribution in [3.05, 3.63) is 41.6 Å². The molecule has 1 saturated heterocycles. The fraction of sp³-hybridized carbons (Fsp3) is 0.435. The quantitative estimate of drug-likeness (QED) is 0.621. The third kappa shape index (κ3) is 4.13. The molecule has 0 saturated carbocycles. The number of aliphatic hydroxyl groups is 2. The minimum atomic E-state index is -1.45. The summed E-state index contributed by atoms with van der Waals surface area (Å²) in [6.45, 7) is 5.36. The summed E-state index contributed by atoms with van der Waals surface area (Å²) >= 11 is 0.993. The maximum absolute atomic E-state index is 11.5. The number of fused-ring (bicyclic) bond motifs is 1. The van der Waals surface area contributed by atoms with Gasteiger partial charge in [-0.25, -0.2) is 9.79 Å². The predicted octanol–water partition coefficient (Wildman–Crippen LogP) is 2.72. The molecule has 3 N–H and O–H groups in total. The first-order valence-corrected chi connectivity index (χ1v) is 11.3. The van der Waals surface area contributed by atoms with Crippen LogP contribution >= 0.6 is 11.8 Å². The molecule has 1 aromatic carbocycles. The first-order chi connectivity index (χ1) is 15.5. The van der Waals surface area contributed by atoms with Crippen molar-refractivity contribution in [1.29, 1.82) is 5.26 Å². The molecule has 5 atom stereocenters. The van der Waals surface area contributed by atoms with Gasteiger partial charge in [-0.1, -0.05) is 13.0 Å². The Kier molecular flexibility index (Phi) is 6.01. The van der Waals surface area contributed by atoms with E-state index in [4.69, 9.17) is 9.47 Å². The fourth-order valence-electron chi connectivity index (χ4n) is 4.07. The van der Waals surface area contributed by atoms with Gasteiger partial charge in [0.2, 0.25) is 0 Å². The van der Waals surface area contributed by atoms with Crippen LogP contribution in [0.1, 0.15) is 32.0 Å². The van der Waals surface area contributed by atoms with Crippen LogP contribution in [0.25, 0.3) is 11.3 Å². The number of aliphatic carboxylic acids is 1. The van der Waals surface area contributed by atoms with Crippen molar-refractivity contribution >= 4 is 28.6 Å². The number of carboxylic acids is 1. The lowest BCUT2D eigenvalue weighted by molar-refractivity contribution is -0.191. The molecule has 0 amide bonds. The predicted molar refractivity (Wildman–Crippen MR) is 122 cm³/mol. The van der Waals surface area contributed by atoms with Crippen molar-refractivity contribution in [2.75, 3.05) is 0 Å². The number of ether oxygens (including phenoxy) is 2. The van der Waals surface area contributed by atoms with Crippen LogP contribution < -0.4 is 0 Å². The number of carbonyl (C=O) groups is 1.